The van der Waals surface area contributed by atoms with Crippen molar-refractivity contribution in [3.05, 3.63) is 51.4 Å². The van der Waals surface area contributed by atoms with E-state index in [9.17, 15) is 9.90 Å². The Morgan fingerprint density at radius 1 is 1.38 bits per heavy atom. The molecule has 29 heavy (non-hydrogen) atoms. The minimum atomic E-state index is -0.985. The van der Waals surface area contributed by atoms with Gasteiger partial charge in [0.25, 0.3) is 5.00 Å². The first-order chi connectivity index (χ1) is 14.0. The topological polar surface area (TPSA) is 70.7 Å². The Morgan fingerprint density at radius 3 is 3.00 bits per heavy atom. The molecule has 0 bridgehead atoms. The van der Waals surface area contributed by atoms with Crippen LogP contribution in [0.4, 0.5) is 10.7 Å². The van der Waals surface area contributed by atoms with Crippen LogP contribution in [0.25, 0.3) is 6.08 Å². The van der Waals surface area contributed by atoms with Crippen molar-refractivity contribution in [2.45, 2.75) is 31.5 Å². The van der Waals surface area contributed by atoms with E-state index in [1.54, 1.807) is 0 Å². The molecule has 3 atom stereocenters. The van der Waals surface area contributed by atoms with Crippen LogP contribution in [0.5, 0.6) is 0 Å². The van der Waals surface area contributed by atoms with Crippen molar-refractivity contribution in [3.8, 4) is 0 Å². The van der Waals surface area contributed by atoms with Gasteiger partial charge >= 0.3 is 0 Å². The molecule has 0 spiro atoms. The molecule has 0 saturated carbocycles. The van der Waals surface area contributed by atoms with Crippen molar-refractivity contribution in [1.82, 2.24) is 10.9 Å². The minimum Gasteiger partial charge on any atom is -0.550 e. The highest BCUT2D eigenvalue weighted by Crippen LogP contribution is 2.53. The third kappa shape index (κ3) is 3.13. The standard InChI is InChI=1S/C21H23ClN4O2S/c1-29-17-8-6-13(7-9-19(27)28)20(17)14-10-25(16-5-3-2-4-15(16)22)11-18-24-23-12-26(18)21(14)29/h2-6,8,13,18,23-24H,7,9-12H2,1H3. The van der Waals surface area contributed by atoms with Crippen LogP contribution in [0, 0.1) is 0 Å². The van der Waals surface area contributed by atoms with Crippen molar-refractivity contribution in [2.75, 3.05) is 23.0 Å². The van der Waals surface area contributed by atoms with Crippen LogP contribution in [-0.4, -0.2) is 25.3 Å². The van der Waals surface area contributed by atoms with Gasteiger partial charge in [0.1, 0.15) is 12.4 Å². The summed E-state index contributed by atoms with van der Waals surface area (Å²) >= 11 is 6.55. The number of carbonyl (C=O) groups is 1. The Hall–Kier alpha value is -2.06. The van der Waals surface area contributed by atoms with Gasteiger partial charge in [-0.3, -0.25) is 4.90 Å². The number of benzene rings is 1. The molecule has 8 heteroatoms. The highest BCUT2D eigenvalue weighted by atomic mass is 35.5. The van der Waals surface area contributed by atoms with E-state index in [0.29, 0.717) is 6.42 Å². The molecule has 0 radical (unpaired) electrons. The number of nitrogens with one attached hydrogen (secondary N) is 2. The van der Waals surface area contributed by atoms with Crippen LogP contribution in [-0.2, 0) is 17.6 Å². The van der Waals surface area contributed by atoms with Crippen molar-refractivity contribution < 1.29 is 9.90 Å². The number of rotatable bonds is 4. The monoisotopic (exact) mass is 430 g/mol. The normalized spacial score (nSPS) is 23.0. The number of hydrazine groups is 1. The number of thiophene rings is 1. The van der Waals surface area contributed by atoms with Gasteiger partial charge in [-0.1, -0.05) is 29.8 Å². The van der Waals surface area contributed by atoms with E-state index >= 15 is 0 Å². The predicted molar refractivity (Wildman–Crippen MR) is 116 cm³/mol. The number of anilines is 2. The first-order valence-corrected chi connectivity index (χ1v) is 11.8. The number of allylic oxidation sites excluding steroid dienone is 1. The Bertz CT molecular complexity index is 1000. The largest absolute Gasteiger partial charge is 0.550 e. The molecule has 2 N–H and O–H groups in total. The number of para-hydroxylation sites is 1. The van der Waals surface area contributed by atoms with E-state index in [2.05, 4.69) is 45.1 Å². The molecule has 1 aromatic carbocycles. The van der Waals surface area contributed by atoms with E-state index in [4.69, 9.17) is 11.6 Å². The zero-order valence-electron chi connectivity index (χ0n) is 16.2. The average molecular weight is 431 g/mol. The Labute approximate surface area is 177 Å². The number of aliphatic carboxylic acids is 1. The van der Waals surface area contributed by atoms with Gasteiger partial charge in [-0.15, -0.1) is 0 Å². The van der Waals surface area contributed by atoms with E-state index in [1.165, 1.54) is 21.0 Å². The van der Waals surface area contributed by atoms with Crippen LogP contribution in [0.15, 0.2) is 30.3 Å². The summed E-state index contributed by atoms with van der Waals surface area (Å²) in [5.74, 6) is -0.847. The van der Waals surface area contributed by atoms with Gasteiger partial charge in [0.2, 0.25) is 0 Å². The smallest absolute Gasteiger partial charge is 0.251 e. The van der Waals surface area contributed by atoms with Gasteiger partial charge in [0.05, 0.1) is 36.0 Å². The van der Waals surface area contributed by atoms with Gasteiger partial charge in [0.15, 0.2) is 4.88 Å². The molecule has 2 aromatic rings. The van der Waals surface area contributed by atoms with E-state index in [0.717, 1.165) is 30.5 Å². The third-order valence-corrected chi connectivity index (χ3v) is 8.47. The van der Waals surface area contributed by atoms with Crippen LogP contribution in [0.1, 0.15) is 34.8 Å². The molecule has 5 rings (SSSR count). The fourth-order valence-corrected chi connectivity index (χ4v) is 7.22. The van der Waals surface area contributed by atoms with E-state index in [-0.39, 0.29) is 29.0 Å². The van der Waals surface area contributed by atoms with Crippen LogP contribution >= 0.6 is 22.1 Å². The van der Waals surface area contributed by atoms with Crippen molar-refractivity contribution in [3.63, 3.8) is 0 Å². The molecule has 1 saturated heterocycles. The molecule has 1 aromatic heterocycles. The second-order valence-electron chi connectivity index (χ2n) is 7.74. The summed E-state index contributed by atoms with van der Waals surface area (Å²) in [5.41, 5.74) is 10.4. The molecule has 6 nitrogen and oxygen atoms in total. The molecule has 152 valence electrons. The first kappa shape index (κ1) is 18.9. The molecule has 3 heterocycles. The SMILES string of the molecule is C[s+]1c2c(c3c1N1CNNC1CN(c1ccccc1Cl)C3)C(CCC(=O)[O-])C=C2. The van der Waals surface area contributed by atoms with E-state index < -0.39 is 5.97 Å². The van der Waals surface area contributed by atoms with Gasteiger partial charge in [0, 0.05) is 27.9 Å². The number of halogens is 1. The minimum absolute atomic E-state index is 0.0325. The summed E-state index contributed by atoms with van der Waals surface area (Å²) in [7, 11) is -0.0325. The Balaban J connectivity index is 1.60. The Morgan fingerprint density at radius 2 is 2.21 bits per heavy atom. The van der Waals surface area contributed by atoms with Gasteiger partial charge < -0.3 is 14.8 Å². The zero-order valence-corrected chi connectivity index (χ0v) is 17.7. The maximum Gasteiger partial charge on any atom is 0.251 e. The number of carboxylic acids is 1. The zero-order chi connectivity index (χ0) is 20.1. The van der Waals surface area contributed by atoms with Crippen LogP contribution < -0.4 is 25.8 Å². The molecule has 3 unspecified atom stereocenters. The number of hydrogen-bond donors (Lipinski definition) is 2. The molecular formula is C21H23ClN4O2S. The highest BCUT2D eigenvalue weighted by Gasteiger charge is 2.44. The lowest BCUT2D eigenvalue weighted by atomic mass is 9.94. The second-order valence-corrected chi connectivity index (χ2v) is 10.00. The number of hydrogen-bond acceptors (Lipinski definition) is 6. The predicted octanol–water partition coefficient (Wildman–Crippen LogP) is 2.48. The molecule has 3 aliphatic rings. The summed E-state index contributed by atoms with van der Waals surface area (Å²) in [5, 5.41) is 13.2. The molecule has 1 aliphatic carbocycles. The van der Waals surface area contributed by atoms with Crippen LogP contribution in [0.3, 0.4) is 0 Å². The number of nitrogens with zero attached hydrogens (tertiary/aromatic N) is 2. The highest BCUT2D eigenvalue weighted by molar-refractivity contribution is 7.34. The quantitative estimate of drug-likeness (QED) is 0.726. The lowest BCUT2D eigenvalue weighted by molar-refractivity contribution is -0.305. The summed E-state index contributed by atoms with van der Waals surface area (Å²) in [6, 6.07) is 7.96. The van der Waals surface area contributed by atoms with Crippen molar-refractivity contribution in [1.29, 1.82) is 0 Å². The fourth-order valence-electron chi connectivity index (χ4n) is 4.78. The van der Waals surface area contributed by atoms with Gasteiger partial charge in [-0.25, -0.2) is 10.9 Å². The summed E-state index contributed by atoms with van der Waals surface area (Å²) < 4.78 is 0. The van der Waals surface area contributed by atoms with Crippen LogP contribution in [0.2, 0.25) is 5.02 Å². The number of fused-ring (bicyclic) bond motifs is 5. The fraction of sp³-hybridized carbons (Fsp3) is 0.381. The second kappa shape index (κ2) is 7.32. The maximum absolute atomic E-state index is 11.1. The first-order valence-electron chi connectivity index (χ1n) is 9.81. The van der Waals surface area contributed by atoms with Gasteiger partial charge in [-0.2, -0.15) is 0 Å². The molecule has 2 aliphatic heterocycles. The lowest BCUT2D eigenvalue weighted by Gasteiger charge is -2.27. The van der Waals surface area contributed by atoms with E-state index in [1.807, 2.05) is 18.2 Å². The maximum atomic E-state index is 11.1. The summed E-state index contributed by atoms with van der Waals surface area (Å²) in [4.78, 5) is 17.2. The summed E-state index contributed by atoms with van der Waals surface area (Å²) in [6.45, 7) is 2.33. The summed E-state index contributed by atoms with van der Waals surface area (Å²) in [6.07, 6.45) is 7.47. The third-order valence-electron chi connectivity index (χ3n) is 6.07. The number of carboxylic acid groups (broad SMARTS) is 1. The van der Waals surface area contributed by atoms with Crippen molar-refractivity contribution in [2.24, 2.45) is 6.26 Å². The van der Waals surface area contributed by atoms with Crippen molar-refractivity contribution >= 4 is 44.8 Å². The molecule has 0 amide bonds. The molecular weight excluding hydrogens is 408 g/mol. The Kier molecular flexibility index (Phi) is 4.78. The average Bonchev–Trinajstić information content (AvgIpc) is 3.35. The molecule has 1 fully saturated rings. The van der Waals surface area contributed by atoms with Gasteiger partial charge in [-0.05, 0) is 31.1 Å². The number of carbonyl (C=O) groups excluding carboxylic acids is 1. The lowest BCUT2D eigenvalue weighted by Crippen LogP contribution is -2.44.